The smallest absolute Gasteiger partial charge is 0.317 e. The zero-order chi connectivity index (χ0) is 11.5. The maximum Gasteiger partial charge on any atom is 0.317 e. The van der Waals surface area contributed by atoms with E-state index in [1.54, 1.807) is 39.0 Å². The Morgan fingerprint density at radius 2 is 1.93 bits per heavy atom. The van der Waals surface area contributed by atoms with Gasteiger partial charge in [0, 0.05) is 0 Å². The van der Waals surface area contributed by atoms with E-state index in [0.717, 1.165) is 0 Å². The van der Waals surface area contributed by atoms with Crippen molar-refractivity contribution in [3.05, 3.63) is 35.2 Å². The number of ether oxygens (including phenoxy) is 1. The second-order valence-corrected chi connectivity index (χ2v) is 4.71. The van der Waals surface area contributed by atoms with Gasteiger partial charge in [0.15, 0.2) is 0 Å². The molecule has 0 atom stereocenters. The van der Waals surface area contributed by atoms with E-state index in [4.69, 9.17) is 4.74 Å². The molecule has 4 heteroatoms. The maximum absolute atomic E-state index is 11.6. The third kappa shape index (κ3) is 3.83. The van der Waals surface area contributed by atoms with Crippen LogP contribution in [0.2, 0.25) is 0 Å². The molecule has 1 rings (SSSR count). The first-order valence-corrected chi connectivity index (χ1v) is 5.11. The van der Waals surface area contributed by atoms with Gasteiger partial charge in [-0.1, -0.05) is 12.2 Å². The summed E-state index contributed by atoms with van der Waals surface area (Å²) in [5.41, 5.74) is -0.515. The summed E-state index contributed by atoms with van der Waals surface area (Å²) in [4.78, 5) is 11.6. The van der Waals surface area contributed by atoms with Crippen molar-refractivity contribution in [1.82, 2.24) is 5.32 Å². The molecule has 0 saturated carbocycles. The fourth-order valence-corrected chi connectivity index (χ4v) is 1.01. The second-order valence-electron chi connectivity index (χ2n) is 4.23. The van der Waals surface area contributed by atoms with Crippen molar-refractivity contribution in [2.24, 2.45) is 5.41 Å². The quantitative estimate of drug-likeness (QED) is 0.531. The molecule has 0 spiro atoms. The minimum absolute atomic E-state index is 0.280. The summed E-state index contributed by atoms with van der Waals surface area (Å²) in [5, 5.41) is 3.50. The van der Waals surface area contributed by atoms with E-state index >= 15 is 0 Å². The van der Waals surface area contributed by atoms with Crippen LogP contribution in [0.15, 0.2) is 35.2 Å². The lowest BCUT2D eigenvalue weighted by atomic mass is 9.97. The van der Waals surface area contributed by atoms with Crippen molar-refractivity contribution in [1.29, 1.82) is 0 Å². The van der Waals surface area contributed by atoms with Crippen LogP contribution in [0.25, 0.3) is 0 Å². The maximum atomic E-state index is 11.6. The third-order valence-electron chi connectivity index (χ3n) is 1.68. The van der Waals surface area contributed by atoms with Crippen LogP contribution >= 0.6 is 12.6 Å². The molecule has 1 N–H and O–H groups in total. The Kier molecular flexibility index (Phi) is 3.63. The first-order chi connectivity index (χ1) is 6.89. The summed E-state index contributed by atoms with van der Waals surface area (Å²) in [6.07, 6.45) is 7.05. The van der Waals surface area contributed by atoms with Crippen molar-refractivity contribution >= 4 is 18.6 Å². The monoisotopic (exact) mass is 225 g/mol. The van der Waals surface area contributed by atoms with Gasteiger partial charge in [0.25, 0.3) is 0 Å². The van der Waals surface area contributed by atoms with E-state index in [1.165, 1.54) is 0 Å². The summed E-state index contributed by atoms with van der Waals surface area (Å²) >= 11 is 4.15. The summed E-state index contributed by atoms with van der Waals surface area (Å²) < 4.78 is 5.18. The predicted molar refractivity (Wildman–Crippen MR) is 63.0 cm³/mol. The van der Waals surface area contributed by atoms with Crippen LogP contribution < -0.4 is 5.32 Å². The van der Waals surface area contributed by atoms with Crippen molar-refractivity contribution in [2.75, 3.05) is 0 Å². The minimum atomic E-state index is -0.515. The van der Waals surface area contributed by atoms with Gasteiger partial charge in [0.05, 0.1) is 10.4 Å². The SMILES string of the molecule is CC(C)(C)C(=O)OC1=CC=CC=C(S)N1. The molecule has 3 nitrogen and oxygen atoms in total. The van der Waals surface area contributed by atoms with Crippen LogP contribution in [0.3, 0.4) is 0 Å². The van der Waals surface area contributed by atoms with E-state index in [1.807, 2.05) is 6.08 Å². The number of allylic oxidation sites excluding steroid dienone is 4. The van der Waals surface area contributed by atoms with Crippen molar-refractivity contribution in [3.63, 3.8) is 0 Å². The first-order valence-electron chi connectivity index (χ1n) is 4.66. The van der Waals surface area contributed by atoms with E-state index in [2.05, 4.69) is 17.9 Å². The number of hydrogen-bond acceptors (Lipinski definition) is 4. The molecular formula is C11H15NO2S. The number of rotatable bonds is 1. The van der Waals surface area contributed by atoms with Gasteiger partial charge in [0.2, 0.25) is 5.88 Å². The van der Waals surface area contributed by atoms with Crippen LogP contribution in [-0.4, -0.2) is 5.97 Å². The molecule has 0 unspecified atom stereocenters. The number of hydrogen-bond donors (Lipinski definition) is 2. The lowest BCUT2D eigenvalue weighted by Crippen LogP contribution is -2.26. The highest BCUT2D eigenvalue weighted by molar-refractivity contribution is 7.84. The molecular weight excluding hydrogens is 210 g/mol. The molecule has 0 aromatic carbocycles. The largest absolute Gasteiger partial charge is 0.409 e. The fraction of sp³-hybridized carbons (Fsp3) is 0.364. The van der Waals surface area contributed by atoms with Gasteiger partial charge in [-0.15, -0.1) is 12.6 Å². The Morgan fingerprint density at radius 3 is 2.53 bits per heavy atom. The molecule has 0 fully saturated rings. The Bertz CT molecular complexity index is 348. The second kappa shape index (κ2) is 4.57. The van der Waals surface area contributed by atoms with Gasteiger partial charge in [-0.2, -0.15) is 0 Å². The van der Waals surface area contributed by atoms with Crippen molar-refractivity contribution < 1.29 is 9.53 Å². The molecule has 0 aliphatic carbocycles. The number of carbonyl (C=O) groups excluding carboxylic acids is 1. The van der Waals surface area contributed by atoms with E-state index < -0.39 is 5.41 Å². The average molecular weight is 225 g/mol. The van der Waals surface area contributed by atoms with Gasteiger partial charge < -0.3 is 10.1 Å². The number of nitrogens with one attached hydrogen (secondary N) is 1. The lowest BCUT2D eigenvalue weighted by Gasteiger charge is -2.18. The van der Waals surface area contributed by atoms with Gasteiger partial charge in [0.1, 0.15) is 0 Å². The molecule has 0 bridgehead atoms. The third-order valence-corrected chi connectivity index (χ3v) is 1.94. The van der Waals surface area contributed by atoms with Gasteiger partial charge in [-0.25, -0.2) is 0 Å². The molecule has 0 aromatic rings. The predicted octanol–water partition coefficient (Wildman–Crippen LogP) is 2.35. The Morgan fingerprint density at radius 1 is 1.33 bits per heavy atom. The van der Waals surface area contributed by atoms with E-state index in [9.17, 15) is 4.79 Å². The topological polar surface area (TPSA) is 38.3 Å². The summed E-state index contributed by atoms with van der Waals surface area (Å²) in [6.45, 7) is 5.42. The normalized spacial score (nSPS) is 16.0. The molecule has 1 aliphatic rings. The van der Waals surface area contributed by atoms with Crippen molar-refractivity contribution in [3.8, 4) is 0 Å². The standard InChI is InChI=1S/C11H15NO2S/c1-11(2,3)10(13)14-8-6-4-5-7-9(15)12-8/h4-7,12,15H,1-3H3. The van der Waals surface area contributed by atoms with Crippen LogP contribution in [0, 0.1) is 5.41 Å². The van der Waals surface area contributed by atoms with E-state index in [0.29, 0.717) is 10.9 Å². The molecule has 1 aliphatic heterocycles. The molecule has 0 radical (unpaired) electrons. The molecule has 15 heavy (non-hydrogen) atoms. The van der Waals surface area contributed by atoms with E-state index in [-0.39, 0.29) is 5.97 Å². The fourth-order valence-electron chi connectivity index (χ4n) is 0.812. The Hall–Kier alpha value is -1.16. The molecule has 0 amide bonds. The zero-order valence-electron chi connectivity index (χ0n) is 9.07. The first kappa shape index (κ1) is 11.9. The van der Waals surface area contributed by atoms with Crippen LogP contribution in [0.4, 0.5) is 0 Å². The highest BCUT2D eigenvalue weighted by Gasteiger charge is 2.24. The average Bonchev–Trinajstić information content (AvgIpc) is 2.28. The van der Waals surface area contributed by atoms with Gasteiger partial charge in [-0.05, 0) is 32.9 Å². The van der Waals surface area contributed by atoms with Crippen LogP contribution in [-0.2, 0) is 9.53 Å². The lowest BCUT2D eigenvalue weighted by molar-refractivity contribution is -0.148. The number of carbonyl (C=O) groups is 1. The number of esters is 1. The Balaban J connectivity index is 2.68. The molecule has 82 valence electrons. The molecule has 0 aromatic heterocycles. The number of thiol groups is 1. The van der Waals surface area contributed by atoms with Crippen LogP contribution in [0.5, 0.6) is 0 Å². The summed E-state index contributed by atoms with van der Waals surface area (Å²) in [5.74, 6) is 0.114. The van der Waals surface area contributed by atoms with Gasteiger partial charge in [-0.3, -0.25) is 4.79 Å². The summed E-state index contributed by atoms with van der Waals surface area (Å²) in [7, 11) is 0. The van der Waals surface area contributed by atoms with Crippen molar-refractivity contribution in [2.45, 2.75) is 20.8 Å². The molecule has 0 saturated heterocycles. The summed E-state index contributed by atoms with van der Waals surface area (Å²) in [6, 6.07) is 0. The molecule has 1 heterocycles. The Labute approximate surface area is 95.3 Å². The van der Waals surface area contributed by atoms with Crippen LogP contribution in [0.1, 0.15) is 20.8 Å². The zero-order valence-corrected chi connectivity index (χ0v) is 9.97. The highest BCUT2D eigenvalue weighted by atomic mass is 32.1. The van der Waals surface area contributed by atoms with Gasteiger partial charge >= 0.3 is 5.97 Å². The highest BCUT2D eigenvalue weighted by Crippen LogP contribution is 2.18. The minimum Gasteiger partial charge on any atom is -0.409 e.